The van der Waals surface area contributed by atoms with Crippen LogP contribution in [0.15, 0.2) is 6.07 Å². The van der Waals surface area contributed by atoms with Gasteiger partial charge in [0.05, 0.1) is 11.4 Å². The van der Waals surface area contributed by atoms with E-state index < -0.39 is 0 Å². The van der Waals surface area contributed by atoms with E-state index in [2.05, 4.69) is 30.3 Å². The Balaban J connectivity index is 2.68. The van der Waals surface area contributed by atoms with E-state index in [1.54, 1.807) is 0 Å². The first kappa shape index (κ1) is 9.26. The van der Waals surface area contributed by atoms with Gasteiger partial charge in [-0.3, -0.25) is 4.68 Å². The molecule has 3 nitrogen and oxygen atoms in total. The lowest BCUT2D eigenvalue weighted by molar-refractivity contribution is 0.587. The van der Waals surface area contributed by atoms with Gasteiger partial charge in [-0.15, -0.1) is 0 Å². The van der Waals surface area contributed by atoms with Crippen molar-refractivity contribution in [3.05, 3.63) is 17.5 Å². The van der Waals surface area contributed by atoms with Crippen molar-refractivity contribution in [2.24, 2.45) is 0 Å². The summed E-state index contributed by atoms with van der Waals surface area (Å²) in [6.07, 6.45) is 0. The smallest absolute Gasteiger partial charge is 0.0597 e. The first-order valence-electron chi connectivity index (χ1n) is 4.52. The molecule has 0 aliphatic heterocycles. The summed E-state index contributed by atoms with van der Waals surface area (Å²) in [4.78, 5) is 0. The Kier molecular flexibility index (Phi) is 3.29. The predicted molar refractivity (Wildman–Crippen MR) is 50.0 cm³/mol. The molecule has 0 amide bonds. The van der Waals surface area contributed by atoms with E-state index in [1.165, 1.54) is 5.69 Å². The summed E-state index contributed by atoms with van der Waals surface area (Å²) in [5.74, 6) is 0. The van der Waals surface area contributed by atoms with Crippen molar-refractivity contribution in [1.29, 1.82) is 0 Å². The second-order valence-corrected chi connectivity index (χ2v) is 2.87. The lowest BCUT2D eigenvalue weighted by Gasteiger charge is -2.03. The van der Waals surface area contributed by atoms with Crippen LogP contribution in [0.5, 0.6) is 0 Å². The number of hydrogen-bond donors (Lipinski definition) is 1. The highest BCUT2D eigenvalue weighted by atomic mass is 15.3. The van der Waals surface area contributed by atoms with Gasteiger partial charge in [0.25, 0.3) is 0 Å². The van der Waals surface area contributed by atoms with Crippen LogP contribution in [0.25, 0.3) is 0 Å². The molecule has 0 spiro atoms. The normalized spacial score (nSPS) is 10.6. The molecule has 0 radical (unpaired) electrons. The summed E-state index contributed by atoms with van der Waals surface area (Å²) < 4.78 is 2.04. The molecule has 0 saturated heterocycles. The maximum Gasteiger partial charge on any atom is 0.0597 e. The first-order valence-corrected chi connectivity index (χ1v) is 4.52. The highest BCUT2D eigenvalue weighted by Gasteiger charge is 2.01. The Morgan fingerprint density at radius 2 is 2.25 bits per heavy atom. The Bertz CT molecular complexity index is 240. The molecule has 0 bridgehead atoms. The van der Waals surface area contributed by atoms with Crippen LogP contribution < -0.4 is 5.32 Å². The fourth-order valence-corrected chi connectivity index (χ4v) is 1.27. The zero-order chi connectivity index (χ0) is 8.97. The third-order valence-corrected chi connectivity index (χ3v) is 1.84. The van der Waals surface area contributed by atoms with Crippen molar-refractivity contribution in [2.75, 3.05) is 6.54 Å². The van der Waals surface area contributed by atoms with Crippen molar-refractivity contribution in [2.45, 2.75) is 33.9 Å². The molecule has 68 valence electrons. The molecule has 0 fully saturated rings. The van der Waals surface area contributed by atoms with Crippen molar-refractivity contribution < 1.29 is 0 Å². The largest absolute Gasteiger partial charge is 0.311 e. The van der Waals surface area contributed by atoms with E-state index in [0.717, 1.165) is 25.3 Å². The fraction of sp³-hybridized carbons (Fsp3) is 0.667. The van der Waals surface area contributed by atoms with Crippen molar-refractivity contribution in [3.8, 4) is 0 Å². The number of rotatable bonds is 4. The van der Waals surface area contributed by atoms with Crippen LogP contribution in [-0.4, -0.2) is 16.3 Å². The molecule has 1 N–H and O–H groups in total. The van der Waals surface area contributed by atoms with Gasteiger partial charge in [-0.25, -0.2) is 0 Å². The topological polar surface area (TPSA) is 29.9 Å². The Morgan fingerprint density at radius 1 is 1.50 bits per heavy atom. The van der Waals surface area contributed by atoms with Gasteiger partial charge in [0, 0.05) is 13.1 Å². The molecule has 3 heteroatoms. The van der Waals surface area contributed by atoms with E-state index in [0.29, 0.717) is 0 Å². The standard InChI is InChI=1S/C9H17N3/c1-4-10-7-9-6-8(3)11-12(9)5-2/h6,10H,4-5,7H2,1-3H3. The summed E-state index contributed by atoms with van der Waals surface area (Å²) in [7, 11) is 0. The second kappa shape index (κ2) is 4.26. The van der Waals surface area contributed by atoms with E-state index in [1.807, 2.05) is 11.6 Å². The molecule has 0 unspecified atom stereocenters. The summed E-state index contributed by atoms with van der Waals surface area (Å²) in [6, 6.07) is 2.13. The molecule has 1 aromatic rings. The summed E-state index contributed by atoms with van der Waals surface area (Å²) in [5, 5.41) is 7.65. The molecule has 1 heterocycles. The van der Waals surface area contributed by atoms with E-state index in [9.17, 15) is 0 Å². The molecule has 0 aromatic carbocycles. The van der Waals surface area contributed by atoms with Gasteiger partial charge >= 0.3 is 0 Å². The van der Waals surface area contributed by atoms with Gasteiger partial charge < -0.3 is 5.32 Å². The molecule has 0 atom stereocenters. The SMILES string of the molecule is CCNCc1cc(C)nn1CC. The van der Waals surface area contributed by atoms with E-state index in [-0.39, 0.29) is 0 Å². The minimum Gasteiger partial charge on any atom is -0.311 e. The van der Waals surface area contributed by atoms with Crippen molar-refractivity contribution in [3.63, 3.8) is 0 Å². The third-order valence-electron chi connectivity index (χ3n) is 1.84. The molecule has 0 saturated carbocycles. The minimum absolute atomic E-state index is 0.922. The average molecular weight is 167 g/mol. The maximum absolute atomic E-state index is 4.36. The first-order chi connectivity index (χ1) is 5.77. The minimum atomic E-state index is 0.922. The average Bonchev–Trinajstić information content (AvgIpc) is 2.42. The Hall–Kier alpha value is -0.830. The van der Waals surface area contributed by atoms with Crippen molar-refractivity contribution in [1.82, 2.24) is 15.1 Å². The fourth-order valence-electron chi connectivity index (χ4n) is 1.27. The summed E-state index contributed by atoms with van der Waals surface area (Å²) >= 11 is 0. The lowest BCUT2D eigenvalue weighted by atomic mass is 10.3. The van der Waals surface area contributed by atoms with Crippen LogP contribution in [0.3, 0.4) is 0 Å². The monoisotopic (exact) mass is 167 g/mol. The Labute approximate surface area is 73.8 Å². The van der Waals surface area contributed by atoms with Gasteiger partial charge in [0.2, 0.25) is 0 Å². The molecule has 0 aliphatic carbocycles. The highest BCUT2D eigenvalue weighted by Crippen LogP contribution is 2.02. The number of aryl methyl sites for hydroxylation is 2. The molecule has 1 aromatic heterocycles. The van der Waals surface area contributed by atoms with Gasteiger partial charge in [0.1, 0.15) is 0 Å². The van der Waals surface area contributed by atoms with Crippen LogP contribution in [0.4, 0.5) is 0 Å². The molecule has 12 heavy (non-hydrogen) atoms. The highest BCUT2D eigenvalue weighted by molar-refractivity contribution is 5.08. The Morgan fingerprint density at radius 3 is 2.83 bits per heavy atom. The van der Waals surface area contributed by atoms with Gasteiger partial charge in [-0.1, -0.05) is 6.92 Å². The lowest BCUT2D eigenvalue weighted by Crippen LogP contribution is -2.15. The van der Waals surface area contributed by atoms with Gasteiger partial charge in [0.15, 0.2) is 0 Å². The molecule has 0 aliphatic rings. The maximum atomic E-state index is 4.36. The zero-order valence-electron chi connectivity index (χ0n) is 8.09. The predicted octanol–water partition coefficient (Wildman–Crippen LogP) is 1.32. The molecular formula is C9H17N3. The van der Waals surface area contributed by atoms with E-state index >= 15 is 0 Å². The zero-order valence-corrected chi connectivity index (χ0v) is 8.09. The summed E-state index contributed by atoms with van der Waals surface area (Å²) in [6.45, 7) is 9.14. The van der Waals surface area contributed by atoms with Crippen LogP contribution in [0.2, 0.25) is 0 Å². The van der Waals surface area contributed by atoms with Crippen LogP contribution in [0, 0.1) is 6.92 Å². The number of nitrogens with zero attached hydrogens (tertiary/aromatic N) is 2. The quantitative estimate of drug-likeness (QED) is 0.733. The van der Waals surface area contributed by atoms with Crippen molar-refractivity contribution >= 4 is 0 Å². The molecule has 1 rings (SSSR count). The van der Waals surface area contributed by atoms with Crippen LogP contribution in [-0.2, 0) is 13.1 Å². The summed E-state index contributed by atoms with van der Waals surface area (Å²) in [5.41, 5.74) is 2.38. The number of nitrogens with one attached hydrogen (secondary N) is 1. The van der Waals surface area contributed by atoms with Gasteiger partial charge in [-0.05, 0) is 26.5 Å². The van der Waals surface area contributed by atoms with E-state index in [4.69, 9.17) is 0 Å². The van der Waals surface area contributed by atoms with Crippen LogP contribution >= 0.6 is 0 Å². The molecular weight excluding hydrogens is 150 g/mol. The number of hydrogen-bond acceptors (Lipinski definition) is 2. The third kappa shape index (κ3) is 2.08. The van der Waals surface area contributed by atoms with Gasteiger partial charge in [-0.2, -0.15) is 5.10 Å². The second-order valence-electron chi connectivity index (χ2n) is 2.87. The number of aromatic nitrogens is 2. The van der Waals surface area contributed by atoms with Crippen LogP contribution in [0.1, 0.15) is 25.2 Å².